The van der Waals surface area contributed by atoms with E-state index in [0.717, 1.165) is 57.8 Å². The van der Waals surface area contributed by atoms with Gasteiger partial charge in [0.25, 0.3) is 0 Å². The fraction of sp³-hybridized carbons (Fsp3) is 0.889. The van der Waals surface area contributed by atoms with E-state index in [0.29, 0.717) is 25.9 Å². The van der Waals surface area contributed by atoms with Crippen LogP contribution in [0.5, 0.6) is 0 Å². The molecular weight excluding hydrogens is 743 g/mol. The van der Waals surface area contributed by atoms with Crippen LogP contribution in [0, 0.1) is 0 Å². The maximum atomic E-state index is 12.4. The summed E-state index contributed by atoms with van der Waals surface area (Å²) in [5.41, 5.74) is 0. The summed E-state index contributed by atoms with van der Waals surface area (Å²) in [7, 11) is 0. The molecule has 0 aliphatic heterocycles. The van der Waals surface area contributed by atoms with Gasteiger partial charge in [0.1, 0.15) is 0 Å². The van der Waals surface area contributed by atoms with E-state index < -0.39 is 12.1 Å². The summed E-state index contributed by atoms with van der Waals surface area (Å²) >= 11 is 0. The Kier molecular flexibility index (Phi) is 48.6. The van der Waals surface area contributed by atoms with Crippen molar-refractivity contribution in [3.8, 4) is 0 Å². The molecule has 0 heterocycles. The van der Waals surface area contributed by atoms with Crippen LogP contribution in [0.15, 0.2) is 24.3 Å². The van der Waals surface area contributed by atoms with Crippen LogP contribution in [0.25, 0.3) is 0 Å². The highest BCUT2D eigenvalue weighted by Crippen LogP contribution is 2.16. The van der Waals surface area contributed by atoms with Gasteiger partial charge in [-0.2, -0.15) is 0 Å². The SMILES string of the molecule is CCCCCCC/C=C\CCCCCCCC(=O)OCCCCCCCC/C=C\CCCCCCCCCC(=O)NC(CO)C(O)CCCCCCCCCCCCCC. The minimum absolute atomic E-state index is 0.0106. The van der Waals surface area contributed by atoms with E-state index in [1.165, 1.54) is 193 Å². The summed E-state index contributed by atoms with van der Waals surface area (Å²) in [6.07, 6.45) is 58.6. The van der Waals surface area contributed by atoms with Crippen molar-refractivity contribution in [3.63, 3.8) is 0 Å². The van der Waals surface area contributed by atoms with Crippen molar-refractivity contribution in [2.24, 2.45) is 0 Å². The maximum Gasteiger partial charge on any atom is 0.305 e. The average Bonchev–Trinajstić information content (AvgIpc) is 3.25. The Bertz CT molecular complexity index is 935. The number of aliphatic hydroxyl groups excluding tert-OH is 2. The second kappa shape index (κ2) is 50.0. The molecule has 0 aliphatic rings. The smallest absolute Gasteiger partial charge is 0.305 e. The predicted octanol–water partition coefficient (Wildman–Crippen LogP) is 15.9. The fourth-order valence-corrected chi connectivity index (χ4v) is 8.10. The first-order valence-corrected chi connectivity index (χ1v) is 26.6. The minimum Gasteiger partial charge on any atom is -0.466 e. The van der Waals surface area contributed by atoms with Crippen LogP contribution in [0.2, 0.25) is 0 Å². The molecular formula is C54H103NO5. The van der Waals surface area contributed by atoms with Crippen molar-refractivity contribution in [2.75, 3.05) is 13.2 Å². The Hall–Kier alpha value is -1.66. The normalized spacial score (nSPS) is 12.8. The zero-order valence-electron chi connectivity index (χ0n) is 40.2. The lowest BCUT2D eigenvalue weighted by Crippen LogP contribution is -2.45. The summed E-state index contributed by atoms with van der Waals surface area (Å²) in [5.74, 6) is -0.0584. The fourth-order valence-electron chi connectivity index (χ4n) is 8.10. The lowest BCUT2D eigenvalue weighted by atomic mass is 10.0. The molecule has 2 unspecified atom stereocenters. The third kappa shape index (κ3) is 45.9. The molecule has 6 heteroatoms. The molecule has 0 radical (unpaired) electrons. The highest BCUT2D eigenvalue weighted by Gasteiger charge is 2.20. The van der Waals surface area contributed by atoms with Crippen LogP contribution in [-0.4, -0.2) is 47.4 Å². The number of amides is 1. The Morgan fingerprint density at radius 2 is 0.783 bits per heavy atom. The second-order valence-electron chi connectivity index (χ2n) is 18.2. The van der Waals surface area contributed by atoms with Crippen LogP contribution in [0.3, 0.4) is 0 Å². The third-order valence-electron chi connectivity index (χ3n) is 12.2. The van der Waals surface area contributed by atoms with Gasteiger partial charge in [-0.25, -0.2) is 0 Å². The summed E-state index contributed by atoms with van der Waals surface area (Å²) in [4.78, 5) is 24.4. The second-order valence-corrected chi connectivity index (χ2v) is 18.2. The molecule has 0 saturated carbocycles. The van der Waals surface area contributed by atoms with Crippen molar-refractivity contribution < 1.29 is 24.5 Å². The zero-order chi connectivity index (χ0) is 43.7. The molecule has 0 saturated heterocycles. The molecule has 3 N–H and O–H groups in total. The molecule has 6 nitrogen and oxygen atoms in total. The van der Waals surface area contributed by atoms with Crippen LogP contribution in [0.4, 0.5) is 0 Å². The van der Waals surface area contributed by atoms with Gasteiger partial charge in [0.05, 0.1) is 25.4 Å². The number of carbonyl (C=O) groups is 2. The van der Waals surface area contributed by atoms with E-state index in [1.54, 1.807) is 0 Å². The Labute approximate surface area is 373 Å². The number of carbonyl (C=O) groups excluding carboxylic acids is 2. The molecule has 0 rings (SSSR count). The molecule has 60 heavy (non-hydrogen) atoms. The molecule has 0 aromatic rings. The van der Waals surface area contributed by atoms with Gasteiger partial charge in [0.15, 0.2) is 0 Å². The highest BCUT2D eigenvalue weighted by atomic mass is 16.5. The first kappa shape index (κ1) is 58.3. The summed E-state index contributed by atoms with van der Waals surface area (Å²) in [5, 5.41) is 23.2. The number of nitrogens with one attached hydrogen (secondary N) is 1. The largest absolute Gasteiger partial charge is 0.466 e. The van der Waals surface area contributed by atoms with Gasteiger partial charge in [-0.05, 0) is 77.0 Å². The number of allylic oxidation sites excluding steroid dienone is 4. The molecule has 354 valence electrons. The number of hydrogen-bond donors (Lipinski definition) is 3. The van der Waals surface area contributed by atoms with E-state index >= 15 is 0 Å². The Morgan fingerprint density at radius 1 is 0.450 bits per heavy atom. The number of ether oxygens (including phenoxy) is 1. The van der Waals surface area contributed by atoms with Crippen molar-refractivity contribution in [2.45, 2.75) is 296 Å². The van der Waals surface area contributed by atoms with Crippen LogP contribution in [-0.2, 0) is 14.3 Å². The predicted molar refractivity (Wildman–Crippen MR) is 260 cm³/mol. The highest BCUT2D eigenvalue weighted by molar-refractivity contribution is 5.76. The standard InChI is InChI=1S/C54H103NO5/c1-3-5-7-9-11-13-15-17-24-28-32-36-40-44-48-54(59)60-49-45-41-37-33-29-25-22-20-18-19-21-23-27-31-35-39-43-47-53(58)55-51(50-56)52(57)46-42-38-34-30-26-16-14-12-10-8-6-4-2/h15,17-18,20,51-52,56-57H,3-14,16,19,21-50H2,1-2H3,(H,55,58)/b17-15-,20-18-. The molecule has 0 fully saturated rings. The molecule has 0 aliphatic carbocycles. The number of hydrogen-bond acceptors (Lipinski definition) is 5. The van der Waals surface area contributed by atoms with E-state index in [2.05, 4.69) is 43.5 Å². The Balaban J connectivity index is 3.45. The summed E-state index contributed by atoms with van der Waals surface area (Å²) in [6, 6.07) is -0.549. The first-order valence-electron chi connectivity index (χ1n) is 26.6. The van der Waals surface area contributed by atoms with Crippen LogP contribution >= 0.6 is 0 Å². The van der Waals surface area contributed by atoms with Gasteiger partial charge in [-0.3, -0.25) is 9.59 Å². The van der Waals surface area contributed by atoms with Gasteiger partial charge in [0, 0.05) is 12.8 Å². The van der Waals surface area contributed by atoms with Crippen LogP contribution in [0.1, 0.15) is 284 Å². The summed E-state index contributed by atoms with van der Waals surface area (Å²) < 4.78 is 5.46. The topological polar surface area (TPSA) is 95.9 Å². The van der Waals surface area contributed by atoms with Gasteiger partial charge >= 0.3 is 5.97 Å². The monoisotopic (exact) mass is 846 g/mol. The molecule has 0 aromatic carbocycles. The molecule has 2 atom stereocenters. The zero-order valence-corrected chi connectivity index (χ0v) is 40.2. The number of rotatable bonds is 49. The lowest BCUT2D eigenvalue weighted by molar-refractivity contribution is -0.143. The van der Waals surface area contributed by atoms with Crippen molar-refractivity contribution in [3.05, 3.63) is 24.3 Å². The first-order chi connectivity index (χ1) is 29.5. The van der Waals surface area contributed by atoms with Crippen molar-refractivity contribution in [1.29, 1.82) is 0 Å². The third-order valence-corrected chi connectivity index (χ3v) is 12.2. The van der Waals surface area contributed by atoms with Gasteiger partial charge in [-0.1, -0.05) is 218 Å². The molecule has 1 amide bonds. The lowest BCUT2D eigenvalue weighted by Gasteiger charge is -2.22. The van der Waals surface area contributed by atoms with E-state index in [1.807, 2.05) is 0 Å². The molecule has 0 spiro atoms. The number of aliphatic hydroxyl groups is 2. The Morgan fingerprint density at radius 3 is 1.18 bits per heavy atom. The number of esters is 1. The van der Waals surface area contributed by atoms with Crippen molar-refractivity contribution in [1.82, 2.24) is 5.32 Å². The molecule has 0 bridgehead atoms. The van der Waals surface area contributed by atoms with E-state index in [9.17, 15) is 19.8 Å². The maximum absolute atomic E-state index is 12.4. The average molecular weight is 846 g/mol. The molecule has 0 aromatic heterocycles. The van der Waals surface area contributed by atoms with Crippen LogP contribution < -0.4 is 5.32 Å². The number of unbranched alkanes of at least 4 members (excludes halogenated alkanes) is 34. The van der Waals surface area contributed by atoms with Gasteiger partial charge < -0.3 is 20.3 Å². The van der Waals surface area contributed by atoms with Crippen molar-refractivity contribution >= 4 is 11.9 Å². The quantitative estimate of drug-likeness (QED) is 0.0322. The van der Waals surface area contributed by atoms with E-state index in [-0.39, 0.29) is 18.5 Å². The summed E-state index contributed by atoms with van der Waals surface area (Å²) in [6.45, 7) is 4.91. The van der Waals surface area contributed by atoms with Gasteiger partial charge in [0.2, 0.25) is 5.91 Å². The van der Waals surface area contributed by atoms with E-state index in [4.69, 9.17) is 4.74 Å². The van der Waals surface area contributed by atoms with Gasteiger partial charge in [-0.15, -0.1) is 0 Å². The minimum atomic E-state index is -0.671.